The third kappa shape index (κ3) is 9.41. The van der Waals surface area contributed by atoms with Crippen molar-refractivity contribution in [2.75, 3.05) is 0 Å². The van der Waals surface area contributed by atoms with E-state index in [0.29, 0.717) is 5.30 Å². The smallest absolute Gasteiger partial charge is 0.144 e. The Kier molecular flexibility index (Phi) is 14.5. The summed E-state index contributed by atoms with van der Waals surface area (Å²) in [7, 11) is -6.21. The molecule has 0 amide bonds. The lowest BCUT2D eigenvalue weighted by molar-refractivity contribution is -0.287. The molecule has 0 N–H and O–H groups in total. The van der Waals surface area contributed by atoms with E-state index in [1.165, 1.54) is 42.4 Å². The molecule has 9 rings (SSSR count). The van der Waals surface area contributed by atoms with Crippen molar-refractivity contribution in [3.63, 3.8) is 0 Å². The molecule has 288 valence electrons. The molecule has 0 saturated heterocycles. The summed E-state index contributed by atoms with van der Waals surface area (Å²) in [6.07, 6.45) is 0. The quantitative estimate of drug-likeness (QED) is 0.139. The van der Waals surface area contributed by atoms with Gasteiger partial charge in [-0.25, -0.2) is 0 Å². The summed E-state index contributed by atoms with van der Waals surface area (Å²) < 4.78 is 0. The molecule has 9 aromatic carbocycles. The van der Waals surface area contributed by atoms with Gasteiger partial charge in [0.15, 0.2) is 0 Å². The molecule has 0 saturated carbocycles. The van der Waals surface area contributed by atoms with Crippen LogP contribution < -0.4 is 57.5 Å². The number of benzene rings is 9. The normalized spacial score (nSPS) is 11.0. The van der Waals surface area contributed by atoms with Crippen molar-refractivity contribution in [3.05, 3.63) is 273 Å². The van der Waals surface area contributed by atoms with Crippen molar-refractivity contribution in [1.82, 2.24) is 0 Å². The van der Waals surface area contributed by atoms with Crippen LogP contribution in [0.3, 0.4) is 0 Å². The van der Waals surface area contributed by atoms with Gasteiger partial charge < -0.3 is 9.79 Å². The molecule has 0 aromatic heterocycles. The SMILES string of the molecule is [O-]P([O-])c1ccccc1.c1ccc([P+](c2ccccc2)(c2ccccc2)c2ccccc2)cc1.c1ccc([P+](c2ccccc2)(c2ccccc2)c2ccccc2)cc1. The van der Waals surface area contributed by atoms with Crippen LogP contribution in [0.15, 0.2) is 273 Å². The third-order valence-electron chi connectivity index (χ3n) is 10.1. The topological polar surface area (TPSA) is 46.1 Å². The van der Waals surface area contributed by atoms with E-state index in [2.05, 4.69) is 243 Å². The number of hydrogen-bond acceptors (Lipinski definition) is 2. The summed E-state index contributed by atoms with van der Waals surface area (Å²) in [4.78, 5) is 20.5. The van der Waals surface area contributed by atoms with Crippen LogP contribution in [0.2, 0.25) is 0 Å². The number of rotatable bonds is 9. The Bertz CT molecular complexity index is 2040. The van der Waals surface area contributed by atoms with Gasteiger partial charge in [0.25, 0.3) is 0 Å². The van der Waals surface area contributed by atoms with E-state index in [1.807, 2.05) is 0 Å². The van der Waals surface area contributed by atoms with Gasteiger partial charge in [-0.15, -0.1) is 0 Å². The maximum absolute atomic E-state index is 10.2. The zero-order valence-corrected chi connectivity index (χ0v) is 35.3. The Morgan fingerprint density at radius 1 is 0.203 bits per heavy atom. The van der Waals surface area contributed by atoms with Gasteiger partial charge in [0.05, 0.1) is 0 Å². The summed E-state index contributed by atoms with van der Waals surface area (Å²) in [6.45, 7) is 0. The second-order valence-corrected chi connectivity index (χ2v) is 21.5. The highest BCUT2D eigenvalue weighted by Crippen LogP contribution is 2.55. The lowest BCUT2D eigenvalue weighted by Gasteiger charge is -2.30. The van der Waals surface area contributed by atoms with E-state index in [1.54, 1.807) is 30.3 Å². The van der Waals surface area contributed by atoms with E-state index in [4.69, 9.17) is 0 Å². The summed E-state index contributed by atoms with van der Waals surface area (Å²) in [5.41, 5.74) is 0. The fraction of sp³-hybridized carbons (Fsp3) is 0. The summed E-state index contributed by atoms with van der Waals surface area (Å²) in [5.74, 6) is 0. The average Bonchev–Trinajstić information content (AvgIpc) is 3.33. The third-order valence-corrected chi connectivity index (χ3v) is 19.4. The fourth-order valence-corrected chi connectivity index (χ4v) is 16.5. The van der Waals surface area contributed by atoms with E-state index in [0.717, 1.165) is 0 Å². The maximum Gasteiger partial charge on any atom is 0.144 e. The van der Waals surface area contributed by atoms with Gasteiger partial charge in [0.2, 0.25) is 0 Å². The molecule has 5 heteroatoms. The van der Waals surface area contributed by atoms with E-state index < -0.39 is 22.9 Å². The molecule has 0 aliphatic heterocycles. The van der Waals surface area contributed by atoms with Crippen LogP contribution in [0.4, 0.5) is 0 Å². The fourth-order valence-electron chi connectivity index (χ4n) is 7.55. The molecule has 9 aromatic rings. The summed E-state index contributed by atoms with van der Waals surface area (Å²) >= 11 is 0. The Balaban J connectivity index is 0.000000148. The minimum Gasteiger partial charge on any atom is -0.838 e. The summed E-state index contributed by atoms with van der Waals surface area (Å²) in [6, 6.07) is 95.9. The molecule has 0 radical (unpaired) electrons. The zero-order chi connectivity index (χ0) is 40.6. The molecule has 0 fully saturated rings. The minimum absolute atomic E-state index is 0.368. The van der Waals surface area contributed by atoms with Crippen molar-refractivity contribution in [1.29, 1.82) is 0 Å². The first-order valence-corrected chi connectivity index (χ1v) is 24.3. The molecule has 0 heterocycles. The molecule has 0 bridgehead atoms. The average molecular weight is 819 g/mol. The van der Waals surface area contributed by atoms with E-state index in [9.17, 15) is 9.79 Å². The zero-order valence-electron chi connectivity index (χ0n) is 32.6. The first-order valence-electron chi connectivity index (χ1n) is 19.6. The Morgan fingerprint density at radius 3 is 0.458 bits per heavy atom. The maximum atomic E-state index is 10.2. The first-order chi connectivity index (χ1) is 29.1. The molecule has 0 aliphatic rings. The molecular formula is C54H45O2P3. The molecule has 59 heavy (non-hydrogen) atoms. The van der Waals surface area contributed by atoms with Crippen LogP contribution in [-0.2, 0) is 0 Å². The molecule has 0 unspecified atom stereocenters. The van der Waals surface area contributed by atoms with Crippen LogP contribution in [-0.4, -0.2) is 0 Å². The standard InChI is InChI=1S/2C24H20P.C6H5O2P/c2*1-5-13-21(14-6-1)25(22-15-7-2-8-16-22,23-17-9-3-10-18-23)24-19-11-4-12-20-24;7-9(8)6-4-2-1-3-5-6/h2*1-20H;1-5H/q2*+1;-2. The van der Waals surface area contributed by atoms with Crippen molar-refractivity contribution in [2.24, 2.45) is 0 Å². The second kappa shape index (κ2) is 20.7. The van der Waals surface area contributed by atoms with Crippen molar-refractivity contribution < 1.29 is 9.79 Å². The highest BCUT2D eigenvalue weighted by Gasteiger charge is 2.48. The second-order valence-electron chi connectivity index (χ2n) is 13.6. The van der Waals surface area contributed by atoms with E-state index >= 15 is 0 Å². The largest absolute Gasteiger partial charge is 0.838 e. The lowest BCUT2D eigenvalue weighted by Crippen LogP contribution is -2.38. The molecule has 0 aliphatic carbocycles. The highest BCUT2D eigenvalue weighted by atomic mass is 31.2. The molecule has 0 spiro atoms. The van der Waals surface area contributed by atoms with Crippen molar-refractivity contribution in [2.45, 2.75) is 0 Å². The van der Waals surface area contributed by atoms with Crippen LogP contribution in [0.25, 0.3) is 0 Å². The van der Waals surface area contributed by atoms with Crippen molar-refractivity contribution >= 4 is 70.6 Å². The Morgan fingerprint density at radius 2 is 0.339 bits per heavy atom. The van der Waals surface area contributed by atoms with Gasteiger partial charge in [-0.2, -0.15) is 0 Å². The van der Waals surface area contributed by atoms with Crippen LogP contribution >= 0.6 is 22.9 Å². The first kappa shape index (κ1) is 41.4. The van der Waals surface area contributed by atoms with Gasteiger partial charge in [-0.05, 0) is 97.1 Å². The number of hydrogen-bond donors (Lipinski definition) is 0. The predicted molar refractivity (Wildman–Crippen MR) is 255 cm³/mol. The molecular weight excluding hydrogens is 774 g/mol. The highest BCUT2D eigenvalue weighted by molar-refractivity contribution is 8.02. The van der Waals surface area contributed by atoms with Gasteiger partial charge in [0, 0.05) is 0 Å². The lowest BCUT2D eigenvalue weighted by atomic mass is 10.3. The van der Waals surface area contributed by atoms with Gasteiger partial charge in [-0.1, -0.05) is 181 Å². The van der Waals surface area contributed by atoms with Gasteiger partial charge in [-0.3, -0.25) is 8.38 Å². The Labute approximate surface area is 351 Å². The van der Waals surface area contributed by atoms with Crippen molar-refractivity contribution in [3.8, 4) is 0 Å². The van der Waals surface area contributed by atoms with Crippen LogP contribution in [0.1, 0.15) is 0 Å². The predicted octanol–water partition coefficient (Wildman–Crippen LogP) is 7.96. The Hall–Kier alpha value is -5.81. The van der Waals surface area contributed by atoms with Gasteiger partial charge in [0.1, 0.15) is 57.0 Å². The molecule has 2 nitrogen and oxygen atoms in total. The minimum atomic E-state index is -2.40. The van der Waals surface area contributed by atoms with Crippen LogP contribution in [0, 0.1) is 0 Å². The van der Waals surface area contributed by atoms with Gasteiger partial charge >= 0.3 is 0 Å². The summed E-state index contributed by atoms with van der Waals surface area (Å²) in [5, 5.41) is 11.5. The monoisotopic (exact) mass is 818 g/mol. The molecule has 0 atom stereocenters. The van der Waals surface area contributed by atoms with E-state index in [-0.39, 0.29) is 0 Å². The van der Waals surface area contributed by atoms with Crippen LogP contribution in [0.5, 0.6) is 0 Å².